The van der Waals surface area contributed by atoms with Crippen LogP contribution in [-0.2, 0) is 28.6 Å². The van der Waals surface area contributed by atoms with E-state index in [1.807, 2.05) is 0 Å². The number of aliphatic hydroxyl groups is 2. The molecule has 1 aromatic rings. The molecule has 26 heavy (non-hydrogen) atoms. The lowest BCUT2D eigenvalue weighted by Crippen LogP contribution is -2.62. The first-order valence-corrected chi connectivity index (χ1v) is 7.84. The fraction of sp³-hybridized carbons (Fsp3) is 0.500. The van der Waals surface area contributed by atoms with Crippen molar-refractivity contribution in [1.29, 1.82) is 0 Å². The van der Waals surface area contributed by atoms with Crippen molar-refractivity contribution in [2.45, 2.75) is 36.9 Å². The van der Waals surface area contributed by atoms with Crippen LogP contribution in [0.3, 0.4) is 0 Å². The van der Waals surface area contributed by atoms with Crippen molar-refractivity contribution in [1.82, 2.24) is 0 Å². The Labute approximate surface area is 149 Å². The maximum absolute atomic E-state index is 11.8. The Morgan fingerprint density at radius 2 is 1.81 bits per heavy atom. The summed E-state index contributed by atoms with van der Waals surface area (Å²) in [6, 6.07) is 4.99. The summed E-state index contributed by atoms with van der Waals surface area (Å²) in [5.41, 5.74) is 2.86. The van der Waals surface area contributed by atoms with Crippen molar-refractivity contribution < 1.29 is 43.4 Å². The summed E-state index contributed by atoms with van der Waals surface area (Å²) < 4.78 is 16.3. The van der Waals surface area contributed by atoms with E-state index in [1.165, 1.54) is 24.1 Å². The Hall–Kier alpha value is -2.56. The minimum absolute atomic E-state index is 0.156. The number of esters is 2. The van der Waals surface area contributed by atoms with E-state index in [0.717, 1.165) is 0 Å². The number of aliphatic hydroxyl groups excluding tert-OH is 1. The van der Waals surface area contributed by atoms with Gasteiger partial charge in [0.05, 0.1) is 20.0 Å². The number of nitrogens with two attached hydrogens (primary N) is 1. The predicted octanol–water partition coefficient (Wildman–Crippen LogP) is -2.05. The molecule has 10 nitrogen and oxygen atoms in total. The molecule has 0 aliphatic carbocycles. The van der Waals surface area contributed by atoms with Gasteiger partial charge in [-0.3, -0.25) is 14.4 Å². The third-order valence-electron chi connectivity index (χ3n) is 4.06. The number of amides is 1. The van der Waals surface area contributed by atoms with Gasteiger partial charge in [-0.25, -0.2) is 0 Å². The number of rotatable bonds is 7. The van der Waals surface area contributed by atoms with Crippen molar-refractivity contribution in [3.8, 4) is 0 Å². The largest absolute Gasteiger partial charge is 0.469 e. The van der Waals surface area contributed by atoms with Crippen LogP contribution in [0.15, 0.2) is 30.6 Å². The van der Waals surface area contributed by atoms with Crippen molar-refractivity contribution in [2.24, 2.45) is 5.73 Å². The summed E-state index contributed by atoms with van der Waals surface area (Å²) in [7, 11) is 1.20. The fourth-order valence-corrected chi connectivity index (χ4v) is 2.59. The molecular weight excluding hydrogens is 348 g/mol. The Kier molecular flexibility index (Phi) is 6.24. The lowest BCUT2D eigenvalue weighted by atomic mass is 9.93. The molecule has 0 saturated carbocycles. The van der Waals surface area contributed by atoms with E-state index in [1.54, 1.807) is 18.2 Å². The van der Waals surface area contributed by atoms with Crippen molar-refractivity contribution in [3.05, 3.63) is 30.6 Å². The molecule has 1 aromatic heterocycles. The summed E-state index contributed by atoms with van der Waals surface area (Å²) in [6.45, 7) is -0.430. The number of carbonyl (C=O) groups is 3. The Balaban J connectivity index is 2.06. The monoisotopic (exact) mass is 369 g/mol. The van der Waals surface area contributed by atoms with E-state index in [9.17, 15) is 24.6 Å². The zero-order chi connectivity index (χ0) is 19.3. The number of aromatic nitrogens is 1. The minimum Gasteiger partial charge on any atom is -0.469 e. The number of pyridine rings is 1. The van der Waals surface area contributed by atoms with E-state index < -0.39 is 48.5 Å². The van der Waals surface area contributed by atoms with Crippen molar-refractivity contribution in [3.63, 3.8) is 0 Å². The quantitative estimate of drug-likeness (QED) is 0.367. The maximum Gasteiger partial charge on any atom is 0.306 e. The average Bonchev–Trinajstić information content (AvgIpc) is 2.91. The molecule has 1 fully saturated rings. The topological polar surface area (TPSA) is 149 Å². The van der Waals surface area contributed by atoms with Gasteiger partial charge in [0.2, 0.25) is 0 Å². The molecule has 142 valence electrons. The number of carbonyl (C=O) groups excluding carboxylic acids is 3. The molecule has 10 heteroatoms. The molecule has 1 aliphatic heterocycles. The Bertz CT molecular complexity index is 667. The second kappa shape index (κ2) is 8.21. The molecule has 0 bridgehead atoms. The highest BCUT2D eigenvalue weighted by Gasteiger charge is 2.65. The van der Waals surface area contributed by atoms with Gasteiger partial charge in [-0.05, 0) is 0 Å². The summed E-state index contributed by atoms with van der Waals surface area (Å²) >= 11 is 0. The van der Waals surface area contributed by atoms with Crippen LogP contribution in [0.2, 0.25) is 0 Å². The molecule has 0 aromatic carbocycles. The maximum atomic E-state index is 11.8. The van der Waals surface area contributed by atoms with E-state index in [2.05, 4.69) is 4.74 Å². The first-order chi connectivity index (χ1) is 12.3. The second-order valence-electron chi connectivity index (χ2n) is 5.74. The van der Waals surface area contributed by atoms with Gasteiger partial charge in [0.15, 0.2) is 12.4 Å². The number of nitrogens with zero attached hydrogens (tertiary/aromatic N) is 1. The predicted molar refractivity (Wildman–Crippen MR) is 82.9 cm³/mol. The lowest BCUT2D eigenvalue weighted by Gasteiger charge is -2.23. The third-order valence-corrected chi connectivity index (χ3v) is 4.06. The smallest absolute Gasteiger partial charge is 0.306 e. The van der Waals surface area contributed by atoms with Gasteiger partial charge in [0.1, 0.15) is 18.8 Å². The summed E-state index contributed by atoms with van der Waals surface area (Å²) in [5.74, 6) is -2.46. The highest BCUT2D eigenvalue weighted by molar-refractivity contribution is 5.84. The van der Waals surface area contributed by atoms with E-state index in [4.69, 9.17) is 15.2 Å². The summed E-state index contributed by atoms with van der Waals surface area (Å²) in [4.78, 5) is 34.4. The van der Waals surface area contributed by atoms with Gasteiger partial charge in [-0.2, -0.15) is 4.57 Å². The van der Waals surface area contributed by atoms with Crippen LogP contribution in [0, 0.1) is 0 Å². The Morgan fingerprint density at radius 1 is 1.19 bits per heavy atom. The highest BCUT2D eigenvalue weighted by Crippen LogP contribution is 2.35. The number of ether oxygens (including phenoxy) is 3. The molecule has 1 aliphatic rings. The van der Waals surface area contributed by atoms with Gasteiger partial charge in [0, 0.05) is 12.1 Å². The van der Waals surface area contributed by atoms with Crippen LogP contribution in [-0.4, -0.2) is 59.6 Å². The van der Waals surface area contributed by atoms with E-state index in [-0.39, 0.29) is 12.8 Å². The van der Waals surface area contributed by atoms with Gasteiger partial charge < -0.3 is 30.2 Å². The molecule has 2 rings (SSSR count). The van der Waals surface area contributed by atoms with Crippen LogP contribution in [0.25, 0.3) is 0 Å². The molecule has 2 heterocycles. The van der Waals surface area contributed by atoms with Crippen LogP contribution < -0.4 is 10.3 Å². The Morgan fingerprint density at radius 3 is 2.38 bits per heavy atom. The van der Waals surface area contributed by atoms with Crippen LogP contribution in [0.5, 0.6) is 0 Å². The number of hydrogen-bond donors (Lipinski definition) is 3. The third kappa shape index (κ3) is 3.98. The van der Waals surface area contributed by atoms with Crippen molar-refractivity contribution >= 4 is 17.8 Å². The zero-order valence-corrected chi connectivity index (χ0v) is 14.1. The van der Waals surface area contributed by atoms with Gasteiger partial charge in [-0.1, -0.05) is 6.07 Å². The van der Waals surface area contributed by atoms with Crippen molar-refractivity contribution in [2.75, 3.05) is 13.7 Å². The van der Waals surface area contributed by atoms with Gasteiger partial charge in [-0.15, -0.1) is 0 Å². The second-order valence-corrected chi connectivity index (χ2v) is 5.74. The molecule has 0 radical (unpaired) electrons. The van der Waals surface area contributed by atoms with Gasteiger partial charge >= 0.3 is 18.2 Å². The van der Waals surface area contributed by atoms with E-state index in [0.29, 0.717) is 0 Å². The molecule has 1 saturated heterocycles. The number of primary amides is 1. The van der Waals surface area contributed by atoms with Crippen LogP contribution in [0.4, 0.5) is 0 Å². The standard InChI is InChI=1S/C16H20N2O8/c1-24-11(19)5-6-12(20)25-9-10-13(21)16(23,14(17)22)15(26-10)18-7-3-2-4-8-18/h2-4,7-8,10,13,15,21,23H,5-6,9H2,1H3,(H-,17,22)/p+1/t10-,13+,15-,16+/m1/s1. The highest BCUT2D eigenvalue weighted by atomic mass is 16.6. The molecule has 4 N–H and O–H groups in total. The first kappa shape index (κ1) is 19.8. The zero-order valence-electron chi connectivity index (χ0n) is 14.1. The molecule has 0 spiro atoms. The normalized spacial score (nSPS) is 27.7. The van der Waals surface area contributed by atoms with Crippen LogP contribution >= 0.6 is 0 Å². The fourth-order valence-electron chi connectivity index (χ4n) is 2.59. The van der Waals surface area contributed by atoms with E-state index >= 15 is 0 Å². The summed E-state index contributed by atoms with van der Waals surface area (Å²) in [6.07, 6.45) is -1.52. The molecular formula is C16H21N2O8+. The number of hydrogen-bond acceptors (Lipinski definition) is 8. The SMILES string of the molecule is COC(=O)CCC(=O)OC[C@H]1O[C@@H]([n+]2ccccc2)[C@@](O)(C(N)=O)[C@H]1O. The average molecular weight is 369 g/mol. The van der Waals surface area contributed by atoms with Crippen LogP contribution in [0.1, 0.15) is 19.1 Å². The van der Waals surface area contributed by atoms with Gasteiger partial charge in [0.25, 0.3) is 11.5 Å². The molecule has 0 unspecified atom stereocenters. The molecule has 1 amide bonds. The number of methoxy groups -OCH3 is 1. The minimum atomic E-state index is -2.41. The summed E-state index contributed by atoms with van der Waals surface area (Å²) in [5, 5.41) is 20.9. The first-order valence-electron chi connectivity index (χ1n) is 7.84. The lowest BCUT2D eigenvalue weighted by molar-refractivity contribution is -0.769. The molecule has 4 atom stereocenters.